The van der Waals surface area contributed by atoms with Crippen LogP contribution in [0.15, 0.2) is 42.6 Å². The van der Waals surface area contributed by atoms with Gasteiger partial charge in [-0.2, -0.15) is 0 Å². The number of pyridine rings is 1. The lowest BCUT2D eigenvalue weighted by molar-refractivity contribution is -0.117. The molecule has 4 N–H and O–H groups in total. The third-order valence-electron chi connectivity index (χ3n) is 5.02. The quantitative estimate of drug-likeness (QED) is 0.653. The molecular weight excluding hydrogens is 354 g/mol. The van der Waals surface area contributed by atoms with E-state index in [-0.39, 0.29) is 17.7 Å². The summed E-state index contributed by atoms with van der Waals surface area (Å²) < 4.78 is 1.88. The van der Waals surface area contributed by atoms with Gasteiger partial charge in [0.1, 0.15) is 11.5 Å². The van der Waals surface area contributed by atoms with Gasteiger partial charge in [-0.05, 0) is 54.7 Å². The fourth-order valence-corrected chi connectivity index (χ4v) is 3.45. The van der Waals surface area contributed by atoms with Gasteiger partial charge in [0.05, 0.1) is 11.7 Å². The van der Waals surface area contributed by atoms with Crippen LogP contribution in [0.1, 0.15) is 47.8 Å². The first kappa shape index (κ1) is 18.2. The Kier molecular flexibility index (Phi) is 4.60. The average Bonchev–Trinajstić information content (AvgIpc) is 2.98. The van der Waals surface area contributed by atoms with Crippen molar-refractivity contribution in [1.82, 2.24) is 9.38 Å². The summed E-state index contributed by atoms with van der Waals surface area (Å²) in [4.78, 5) is 29.5. The molecule has 7 heteroatoms. The van der Waals surface area contributed by atoms with Crippen LogP contribution in [0.3, 0.4) is 0 Å². The molecule has 1 unspecified atom stereocenters. The number of anilines is 2. The molecule has 1 atom stereocenters. The van der Waals surface area contributed by atoms with Crippen molar-refractivity contribution in [2.24, 2.45) is 5.73 Å². The zero-order valence-electron chi connectivity index (χ0n) is 15.9. The number of fused-ring (bicyclic) bond motifs is 2. The maximum absolute atomic E-state index is 13.0. The lowest BCUT2D eigenvalue weighted by Crippen LogP contribution is -2.34. The number of aryl methyl sites for hydroxylation is 1. The summed E-state index contributed by atoms with van der Waals surface area (Å²) in [6, 6.07) is 10.5. The van der Waals surface area contributed by atoms with Crippen LogP contribution in [0.2, 0.25) is 0 Å². The van der Waals surface area contributed by atoms with Gasteiger partial charge in [0.2, 0.25) is 5.91 Å². The molecule has 0 saturated carbocycles. The van der Waals surface area contributed by atoms with E-state index in [0.717, 1.165) is 16.9 Å². The summed E-state index contributed by atoms with van der Waals surface area (Å²) in [6.07, 6.45) is 3.08. The van der Waals surface area contributed by atoms with Gasteiger partial charge in [-0.25, -0.2) is 4.98 Å². The van der Waals surface area contributed by atoms with Crippen molar-refractivity contribution in [2.75, 3.05) is 10.6 Å². The molecule has 3 aromatic rings. The standard InChI is InChI=1S/C21H23N5O2/c1-12(2)18-19(26-10-4-3-5-17(26)24-18)25-20(27)14-7-9-16-13(11-14)6-8-15(22)21(28)23-16/h3-5,7,9-12,15H,6,8,22H2,1-2H3,(H,23,28)(H,25,27). The first-order chi connectivity index (χ1) is 13.4. The molecule has 0 saturated heterocycles. The SMILES string of the molecule is CC(C)c1nc2ccccn2c1NC(=O)c1ccc2c(c1)CCC(N)C(=O)N2. The Bertz CT molecular complexity index is 1070. The van der Waals surface area contributed by atoms with Gasteiger partial charge in [0.15, 0.2) is 0 Å². The molecule has 28 heavy (non-hydrogen) atoms. The molecule has 0 radical (unpaired) electrons. The van der Waals surface area contributed by atoms with E-state index in [0.29, 0.717) is 29.9 Å². The van der Waals surface area contributed by atoms with Crippen molar-refractivity contribution in [3.05, 3.63) is 59.4 Å². The van der Waals surface area contributed by atoms with Crippen molar-refractivity contribution in [2.45, 2.75) is 38.6 Å². The lowest BCUT2D eigenvalue weighted by atomic mass is 10.0. The van der Waals surface area contributed by atoms with Gasteiger partial charge in [0, 0.05) is 17.4 Å². The molecule has 0 fully saturated rings. The second-order valence-corrected chi connectivity index (χ2v) is 7.39. The van der Waals surface area contributed by atoms with Crippen LogP contribution in [-0.2, 0) is 11.2 Å². The third kappa shape index (κ3) is 3.25. The van der Waals surface area contributed by atoms with Gasteiger partial charge in [-0.3, -0.25) is 14.0 Å². The highest BCUT2D eigenvalue weighted by Crippen LogP contribution is 2.27. The number of imidazole rings is 1. The molecule has 3 heterocycles. The molecule has 1 aromatic carbocycles. The number of carbonyl (C=O) groups is 2. The van der Waals surface area contributed by atoms with Crippen molar-refractivity contribution in [3.63, 3.8) is 0 Å². The molecule has 2 aromatic heterocycles. The first-order valence-electron chi connectivity index (χ1n) is 9.41. The number of nitrogens with zero attached hydrogens (tertiary/aromatic N) is 2. The predicted octanol–water partition coefficient (Wildman–Crippen LogP) is 2.92. The van der Waals surface area contributed by atoms with Crippen molar-refractivity contribution in [3.8, 4) is 0 Å². The minimum absolute atomic E-state index is 0.166. The Balaban J connectivity index is 1.66. The number of hydrogen-bond acceptors (Lipinski definition) is 4. The molecule has 7 nitrogen and oxygen atoms in total. The van der Waals surface area contributed by atoms with Crippen LogP contribution in [0, 0.1) is 0 Å². The van der Waals surface area contributed by atoms with Gasteiger partial charge in [-0.15, -0.1) is 0 Å². The van der Waals surface area contributed by atoms with Gasteiger partial charge >= 0.3 is 0 Å². The number of rotatable bonds is 3. The molecule has 4 rings (SSSR count). The number of aromatic nitrogens is 2. The molecular formula is C21H23N5O2. The van der Waals surface area contributed by atoms with Gasteiger partial charge in [-0.1, -0.05) is 19.9 Å². The summed E-state index contributed by atoms with van der Waals surface area (Å²) in [6.45, 7) is 4.09. The zero-order valence-corrected chi connectivity index (χ0v) is 15.9. The minimum atomic E-state index is -0.531. The number of amides is 2. The molecule has 0 bridgehead atoms. The highest BCUT2D eigenvalue weighted by molar-refractivity contribution is 6.05. The summed E-state index contributed by atoms with van der Waals surface area (Å²) >= 11 is 0. The number of hydrogen-bond donors (Lipinski definition) is 3. The Hall–Kier alpha value is -3.19. The minimum Gasteiger partial charge on any atom is -0.324 e. The summed E-state index contributed by atoms with van der Waals surface area (Å²) in [7, 11) is 0. The van der Waals surface area contributed by atoms with Crippen LogP contribution < -0.4 is 16.4 Å². The average molecular weight is 377 g/mol. The highest BCUT2D eigenvalue weighted by atomic mass is 16.2. The summed E-state index contributed by atoms with van der Waals surface area (Å²) in [5, 5.41) is 5.84. The normalized spacial score (nSPS) is 16.6. The Labute approximate surface area is 163 Å². The monoisotopic (exact) mass is 377 g/mol. The number of benzene rings is 1. The molecule has 0 spiro atoms. The Morgan fingerprint density at radius 3 is 2.93 bits per heavy atom. The Morgan fingerprint density at radius 1 is 1.32 bits per heavy atom. The van der Waals surface area contributed by atoms with E-state index < -0.39 is 6.04 Å². The van der Waals surface area contributed by atoms with Crippen LogP contribution in [0.5, 0.6) is 0 Å². The van der Waals surface area contributed by atoms with Crippen LogP contribution in [0.25, 0.3) is 5.65 Å². The maximum atomic E-state index is 13.0. The van der Waals surface area contributed by atoms with E-state index in [9.17, 15) is 9.59 Å². The van der Waals surface area contributed by atoms with E-state index in [1.54, 1.807) is 12.1 Å². The molecule has 144 valence electrons. The van der Waals surface area contributed by atoms with E-state index in [2.05, 4.69) is 15.6 Å². The van der Waals surface area contributed by atoms with E-state index in [1.165, 1.54) is 0 Å². The van der Waals surface area contributed by atoms with Crippen molar-refractivity contribution in [1.29, 1.82) is 0 Å². The molecule has 1 aliphatic rings. The smallest absolute Gasteiger partial charge is 0.256 e. The number of carbonyl (C=O) groups excluding carboxylic acids is 2. The molecule has 0 aliphatic carbocycles. The van der Waals surface area contributed by atoms with E-state index in [4.69, 9.17) is 5.73 Å². The zero-order chi connectivity index (χ0) is 19.8. The van der Waals surface area contributed by atoms with Gasteiger partial charge in [0.25, 0.3) is 5.91 Å². The molecule has 1 aliphatic heterocycles. The second kappa shape index (κ2) is 7.09. The van der Waals surface area contributed by atoms with Crippen molar-refractivity contribution >= 4 is 29.0 Å². The lowest BCUT2D eigenvalue weighted by Gasteiger charge is -2.12. The topological polar surface area (TPSA) is 102 Å². The van der Waals surface area contributed by atoms with Gasteiger partial charge < -0.3 is 16.4 Å². The van der Waals surface area contributed by atoms with E-state index in [1.807, 2.05) is 48.7 Å². The fraction of sp³-hybridized carbons (Fsp3) is 0.286. The molecule has 2 amide bonds. The van der Waals surface area contributed by atoms with E-state index >= 15 is 0 Å². The van der Waals surface area contributed by atoms with Crippen LogP contribution >= 0.6 is 0 Å². The first-order valence-corrected chi connectivity index (χ1v) is 9.41. The predicted molar refractivity (Wildman–Crippen MR) is 109 cm³/mol. The highest BCUT2D eigenvalue weighted by Gasteiger charge is 2.22. The summed E-state index contributed by atoms with van der Waals surface area (Å²) in [5.74, 6) is 0.443. The van der Waals surface area contributed by atoms with Crippen LogP contribution in [0.4, 0.5) is 11.5 Å². The largest absolute Gasteiger partial charge is 0.324 e. The summed E-state index contributed by atoms with van der Waals surface area (Å²) in [5.41, 5.74) is 9.63. The van der Waals surface area contributed by atoms with Crippen molar-refractivity contribution < 1.29 is 9.59 Å². The number of nitrogens with one attached hydrogen (secondary N) is 2. The maximum Gasteiger partial charge on any atom is 0.256 e. The third-order valence-corrected chi connectivity index (χ3v) is 5.02. The van der Waals surface area contributed by atoms with Crippen LogP contribution in [-0.4, -0.2) is 27.2 Å². The number of nitrogens with two attached hydrogens (primary N) is 1. The fourth-order valence-electron chi connectivity index (χ4n) is 3.45. The second-order valence-electron chi connectivity index (χ2n) is 7.39. The Morgan fingerprint density at radius 2 is 2.14 bits per heavy atom.